The minimum Gasteiger partial charge on any atom is -0.378 e. The van der Waals surface area contributed by atoms with Crippen LogP contribution >= 0.6 is 0 Å². The molecule has 0 aliphatic carbocycles. The SMILES string of the molecule is C=CCn1cc(C2COCCN2)cn1. The van der Waals surface area contributed by atoms with Gasteiger partial charge in [-0.1, -0.05) is 6.08 Å². The highest BCUT2D eigenvalue weighted by Gasteiger charge is 2.16. The summed E-state index contributed by atoms with van der Waals surface area (Å²) in [6, 6.07) is 0.294. The molecule has 2 heterocycles. The van der Waals surface area contributed by atoms with Gasteiger partial charge in [0.2, 0.25) is 0 Å². The van der Waals surface area contributed by atoms with Crippen LogP contribution in [0, 0.1) is 0 Å². The number of ether oxygens (including phenoxy) is 1. The Kier molecular flexibility index (Phi) is 2.96. The fourth-order valence-corrected chi connectivity index (χ4v) is 1.57. The van der Waals surface area contributed by atoms with Gasteiger partial charge in [0, 0.05) is 18.3 Å². The van der Waals surface area contributed by atoms with Crippen LogP contribution in [0.3, 0.4) is 0 Å². The molecule has 1 saturated heterocycles. The number of hydrogen-bond acceptors (Lipinski definition) is 3. The second-order valence-corrected chi connectivity index (χ2v) is 3.37. The van der Waals surface area contributed by atoms with Gasteiger partial charge in [-0.25, -0.2) is 0 Å². The normalized spacial score (nSPS) is 22.1. The molecular weight excluding hydrogens is 178 g/mol. The summed E-state index contributed by atoms with van der Waals surface area (Å²) in [7, 11) is 0. The first-order valence-corrected chi connectivity index (χ1v) is 4.84. The molecule has 4 nitrogen and oxygen atoms in total. The Balaban J connectivity index is 2.03. The number of hydrogen-bond donors (Lipinski definition) is 1. The number of nitrogens with one attached hydrogen (secondary N) is 1. The van der Waals surface area contributed by atoms with Gasteiger partial charge < -0.3 is 10.1 Å². The Bertz CT molecular complexity index is 302. The standard InChI is InChI=1S/C10H15N3O/c1-2-4-13-7-9(6-12-13)10-8-14-5-3-11-10/h2,6-7,10-11H,1,3-5,8H2. The highest BCUT2D eigenvalue weighted by atomic mass is 16.5. The molecule has 0 spiro atoms. The summed E-state index contributed by atoms with van der Waals surface area (Å²) in [4.78, 5) is 0. The monoisotopic (exact) mass is 193 g/mol. The molecule has 1 aromatic rings. The van der Waals surface area contributed by atoms with Crippen LogP contribution in [0.1, 0.15) is 11.6 Å². The third-order valence-electron chi connectivity index (χ3n) is 2.29. The highest BCUT2D eigenvalue weighted by Crippen LogP contribution is 2.14. The summed E-state index contributed by atoms with van der Waals surface area (Å²) in [5.74, 6) is 0. The summed E-state index contributed by atoms with van der Waals surface area (Å²) >= 11 is 0. The largest absolute Gasteiger partial charge is 0.378 e. The summed E-state index contributed by atoms with van der Waals surface area (Å²) in [6.07, 6.45) is 5.76. The Morgan fingerprint density at radius 3 is 3.43 bits per heavy atom. The molecule has 2 rings (SSSR count). The van der Waals surface area contributed by atoms with Crippen molar-refractivity contribution in [2.24, 2.45) is 0 Å². The van der Waals surface area contributed by atoms with Crippen LogP contribution in [-0.2, 0) is 11.3 Å². The van der Waals surface area contributed by atoms with E-state index in [1.54, 1.807) is 0 Å². The minimum atomic E-state index is 0.294. The second-order valence-electron chi connectivity index (χ2n) is 3.37. The molecule has 1 aliphatic rings. The van der Waals surface area contributed by atoms with E-state index < -0.39 is 0 Å². The quantitative estimate of drug-likeness (QED) is 0.719. The maximum absolute atomic E-state index is 5.39. The van der Waals surface area contributed by atoms with Crippen LogP contribution in [0.4, 0.5) is 0 Å². The van der Waals surface area contributed by atoms with Crippen LogP contribution in [0.15, 0.2) is 25.0 Å². The summed E-state index contributed by atoms with van der Waals surface area (Å²) in [5, 5.41) is 7.62. The summed E-state index contributed by atoms with van der Waals surface area (Å²) < 4.78 is 7.26. The lowest BCUT2D eigenvalue weighted by Gasteiger charge is -2.22. The molecule has 1 aromatic heterocycles. The lowest BCUT2D eigenvalue weighted by molar-refractivity contribution is 0.0768. The fourth-order valence-electron chi connectivity index (χ4n) is 1.57. The zero-order chi connectivity index (χ0) is 9.80. The van der Waals surface area contributed by atoms with Gasteiger partial charge >= 0.3 is 0 Å². The van der Waals surface area contributed by atoms with E-state index in [1.165, 1.54) is 5.56 Å². The Hall–Kier alpha value is -1.13. The molecular formula is C10H15N3O. The maximum Gasteiger partial charge on any atom is 0.0663 e. The van der Waals surface area contributed by atoms with Crippen LogP contribution in [0.5, 0.6) is 0 Å². The third kappa shape index (κ3) is 2.02. The number of rotatable bonds is 3. The first-order valence-electron chi connectivity index (χ1n) is 4.84. The molecule has 1 unspecified atom stereocenters. The first kappa shape index (κ1) is 9.43. The predicted octanol–water partition coefficient (Wildman–Crippen LogP) is 0.730. The van der Waals surface area contributed by atoms with Gasteiger partial charge in [0.15, 0.2) is 0 Å². The van der Waals surface area contributed by atoms with Crippen molar-refractivity contribution in [3.63, 3.8) is 0 Å². The molecule has 14 heavy (non-hydrogen) atoms. The highest BCUT2D eigenvalue weighted by molar-refractivity contribution is 5.11. The van der Waals surface area contributed by atoms with Crippen molar-refractivity contribution in [3.8, 4) is 0 Å². The van der Waals surface area contributed by atoms with Crippen molar-refractivity contribution >= 4 is 0 Å². The second kappa shape index (κ2) is 4.39. The molecule has 0 bridgehead atoms. The van der Waals surface area contributed by atoms with Gasteiger partial charge in [-0.05, 0) is 0 Å². The summed E-state index contributed by atoms with van der Waals surface area (Å²) in [5.41, 5.74) is 1.19. The van der Waals surface area contributed by atoms with Crippen molar-refractivity contribution in [1.82, 2.24) is 15.1 Å². The van der Waals surface area contributed by atoms with Gasteiger partial charge in [0.05, 0.1) is 32.0 Å². The van der Waals surface area contributed by atoms with Gasteiger partial charge in [-0.3, -0.25) is 4.68 Å². The molecule has 1 aliphatic heterocycles. The molecule has 0 saturated carbocycles. The molecule has 1 fully saturated rings. The fraction of sp³-hybridized carbons (Fsp3) is 0.500. The van der Waals surface area contributed by atoms with Crippen molar-refractivity contribution in [3.05, 3.63) is 30.6 Å². The average molecular weight is 193 g/mol. The zero-order valence-electron chi connectivity index (χ0n) is 8.15. The van der Waals surface area contributed by atoms with Gasteiger partial charge in [-0.15, -0.1) is 6.58 Å². The van der Waals surface area contributed by atoms with E-state index in [1.807, 2.05) is 23.2 Å². The predicted molar refractivity (Wildman–Crippen MR) is 54.0 cm³/mol. The van der Waals surface area contributed by atoms with E-state index >= 15 is 0 Å². The Morgan fingerprint density at radius 1 is 1.79 bits per heavy atom. The molecule has 0 aromatic carbocycles. The minimum absolute atomic E-state index is 0.294. The van der Waals surface area contributed by atoms with Gasteiger partial charge in [-0.2, -0.15) is 5.10 Å². The number of morpholine rings is 1. The molecule has 4 heteroatoms. The molecule has 1 atom stereocenters. The van der Waals surface area contributed by atoms with Crippen molar-refractivity contribution in [1.29, 1.82) is 0 Å². The van der Waals surface area contributed by atoms with Gasteiger partial charge in [0.25, 0.3) is 0 Å². The molecule has 76 valence electrons. The van der Waals surface area contributed by atoms with Crippen molar-refractivity contribution in [2.45, 2.75) is 12.6 Å². The number of nitrogens with zero attached hydrogens (tertiary/aromatic N) is 2. The van der Waals surface area contributed by atoms with Gasteiger partial charge in [0.1, 0.15) is 0 Å². The Morgan fingerprint density at radius 2 is 2.71 bits per heavy atom. The van der Waals surface area contributed by atoms with E-state index in [0.717, 1.165) is 26.3 Å². The third-order valence-corrected chi connectivity index (χ3v) is 2.29. The smallest absolute Gasteiger partial charge is 0.0663 e. The first-order chi connectivity index (χ1) is 6.90. The van der Waals surface area contributed by atoms with E-state index in [2.05, 4.69) is 17.0 Å². The molecule has 1 N–H and O–H groups in total. The molecule has 0 amide bonds. The number of allylic oxidation sites excluding steroid dienone is 1. The van der Waals surface area contributed by atoms with Crippen LogP contribution in [0.25, 0.3) is 0 Å². The van der Waals surface area contributed by atoms with Crippen LogP contribution in [-0.4, -0.2) is 29.5 Å². The lowest BCUT2D eigenvalue weighted by atomic mass is 10.1. The molecule has 0 radical (unpaired) electrons. The van der Waals surface area contributed by atoms with E-state index in [4.69, 9.17) is 4.74 Å². The maximum atomic E-state index is 5.39. The van der Waals surface area contributed by atoms with Crippen LogP contribution < -0.4 is 5.32 Å². The van der Waals surface area contributed by atoms with Crippen molar-refractivity contribution < 1.29 is 4.74 Å². The summed E-state index contributed by atoms with van der Waals surface area (Å²) in [6.45, 7) is 6.89. The van der Waals surface area contributed by atoms with E-state index in [9.17, 15) is 0 Å². The Labute approximate surface area is 83.6 Å². The lowest BCUT2D eigenvalue weighted by Crippen LogP contribution is -2.34. The average Bonchev–Trinajstić information content (AvgIpc) is 2.68. The zero-order valence-corrected chi connectivity index (χ0v) is 8.15. The number of aromatic nitrogens is 2. The van der Waals surface area contributed by atoms with Crippen molar-refractivity contribution in [2.75, 3.05) is 19.8 Å². The topological polar surface area (TPSA) is 39.1 Å². The van der Waals surface area contributed by atoms with Crippen LogP contribution in [0.2, 0.25) is 0 Å². The van der Waals surface area contributed by atoms with E-state index in [-0.39, 0.29) is 0 Å². The van der Waals surface area contributed by atoms with E-state index in [0.29, 0.717) is 6.04 Å².